The molecule has 1 aliphatic rings. The summed E-state index contributed by atoms with van der Waals surface area (Å²) in [6, 6.07) is 7.85. The van der Waals surface area contributed by atoms with E-state index in [1.54, 1.807) is 18.7 Å². The Hall–Kier alpha value is -1.06. The maximum Gasteiger partial charge on any atom is 0.253 e. The molecule has 0 spiro atoms. The van der Waals surface area contributed by atoms with Gasteiger partial charge in [-0.1, -0.05) is 23.7 Å². The van der Waals surface area contributed by atoms with Crippen molar-refractivity contribution in [1.29, 1.82) is 0 Å². The van der Waals surface area contributed by atoms with Crippen LogP contribution >= 0.6 is 11.6 Å². The smallest absolute Gasteiger partial charge is 0.253 e. The third-order valence-electron chi connectivity index (χ3n) is 3.51. The third-order valence-corrected chi connectivity index (χ3v) is 3.74. The Morgan fingerprint density at radius 3 is 2.89 bits per heavy atom. The van der Waals surface area contributed by atoms with Crippen LogP contribution in [0.2, 0.25) is 5.02 Å². The fourth-order valence-electron chi connectivity index (χ4n) is 2.57. The molecule has 0 radical (unpaired) electrons. The molecule has 1 amide bonds. The summed E-state index contributed by atoms with van der Waals surface area (Å²) in [5.41, 5.74) is -0.0691. The number of carbonyl (C=O) groups is 1. The molecule has 1 atom stereocenters. The summed E-state index contributed by atoms with van der Waals surface area (Å²) in [6.45, 7) is 4.53. The molecule has 4 heteroatoms. The summed E-state index contributed by atoms with van der Waals surface area (Å²) in [5.74, 6) is 0.269. The second kappa shape index (κ2) is 5.51. The van der Waals surface area contributed by atoms with Crippen LogP contribution < -0.4 is 0 Å². The number of aliphatic hydroxyl groups is 1. The van der Waals surface area contributed by atoms with Gasteiger partial charge in [0.15, 0.2) is 0 Å². The number of hydrogen-bond acceptors (Lipinski definition) is 2. The Kier molecular flexibility index (Phi) is 4.16. The molecule has 19 heavy (non-hydrogen) atoms. The lowest BCUT2D eigenvalue weighted by Crippen LogP contribution is -2.44. The summed E-state index contributed by atoms with van der Waals surface area (Å²) in [7, 11) is 0. The van der Waals surface area contributed by atoms with Gasteiger partial charge in [0.05, 0.1) is 0 Å². The van der Waals surface area contributed by atoms with Crippen molar-refractivity contribution in [3.8, 4) is 0 Å². The minimum atomic E-state index is -1.27. The Morgan fingerprint density at radius 1 is 1.53 bits per heavy atom. The van der Waals surface area contributed by atoms with Crippen LogP contribution in [0.4, 0.5) is 0 Å². The molecule has 1 aromatic rings. The summed E-state index contributed by atoms with van der Waals surface area (Å²) in [4.78, 5) is 13.7. The molecule has 0 aromatic heterocycles. The molecule has 1 aliphatic heterocycles. The van der Waals surface area contributed by atoms with Crippen LogP contribution in [0.1, 0.15) is 25.8 Å². The first-order valence-electron chi connectivity index (χ1n) is 6.62. The molecule has 0 aliphatic carbocycles. The molecule has 3 nitrogen and oxygen atoms in total. The fraction of sp³-hybridized carbons (Fsp3) is 0.533. The fourth-order valence-corrected chi connectivity index (χ4v) is 2.78. The molecule has 104 valence electrons. The van der Waals surface area contributed by atoms with Gasteiger partial charge in [-0.3, -0.25) is 4.79 Å². The number of hydrogen-bond donors (Lipinski definition) is 1. The van der Waals surface area contributed by atoms with E-state index in [4.69, 9.17) is 11.6 Å². The maximum atomic E-state index is 12.0. The number of carbonyl (C=O) groups excluding carboxylic acids is 1. The number of likely N-dealkylation sites (tertiary alicyclic amines) is 1. The zero-order valence-corrected chi connectivity index (χ0v) is 12.2. The number of rotatable bonds is 3. The highest BCUT2D eigenvalue weighted by Gasteiger charge is 2.34. The van der Waals surface area contributed by atoms with E-state index in [-0.39, 0.29) is 5.91 Å². The molecule has 1 N–H and O–H groups in total. The quantitative estimate of drug-likeness (QED) is 0.925. The Balaban J connectivity index is 1.94. The van der Waals surface area contributed by atoms with Crippen molar-refractivity contribution in [2.45, 2.75) is 32.3 Å². The number of nitrogens with zero attached hydrogens (tertiary/aromatic N) is 1. The molecule has 1 heterocycles. The number of benzene rings is 1. The molecular weight excluding hydrogens is 262 g/mol. The summed E-state index contributed by atoms with van der Waals surface area (Å²) >= 11 is 5.97. The van der Waals surface area contributed by atoms with Gasteiger partial charge in [-0.2, -0.15) is 0 Å². The van der Waals surface area contributed by atoms with Crippen molar-refractivity contribution in [3.05, 3.63) is 34.9 Å². The standard InChI is InChI=1S/C15H20ClNO2/c1-15(2,19)14(18)17-7-6-12(10-17)8-11-4-3-5-13(16)9-11/h3-5,9,12,19H,6-8,10H2,1-2H3/t12-/m1/s1. The van der Waals surface area contributed by atoms with Gasteiger partial charge in [-0.05, 0) is 50.3 Å². The van der Waals surface area contributed by atoms with E-state index in [2.05, 4.69) is 6.07 Å². The highest BCUT2D eigenvalue weighted by Crippen LogP contribution is 2.24. The Labute approximate surface area is 119 Å². The van der Waals surface area contributed by atoms with Gasteiger partial charge in [0.2, 0.25) is 0 Å². The van der Waals surface area contributed by atoms with Gasteiger partial charge in [0.1, 0.15) is 5.60 Å². The normalized spacial score (nSPS) is 19.8. The summed E-state index contributed by atoms with van der Waals surface area (Å²) in [5, 5.41) is 10.5. The second-order valence-corrected chi connectivity index (χ2v) is 6.24. The first-order chi connectivity index (χ1) is 8.86. The first kappa shape index (κ1) is 14.4. The zero-order valence-electron chi connectivity index (χ0n) is 11.4. The predicted octanol–water partition coefficient (Wildman–Crippen LogP) is 2.50. The molecule has 0 saturated carbocycles. The molecule has 1 saturated heterocycles. The molecule has 2 rings (SSSR count). The third kappa shape index (κ3) is 3.71. The van der Waals surface area contributed by atoms with E-state index in [0.717, 1.165) is 31.0 Å². The molecule has 0 unspecified atom stereocenters. The molecule has 1 aromatic carbocycles. The molecule has 1 fully saturated rings. The van der Waals surface area contributed by atoms with E-state index < -0.39 is 5.60 Å². The lowest BCUT2D eigenvalue weighted by Gasteiger charge is -2.24. The average Bonchev–Trinajstić information content (AvgIpc) is 2.75. The van der Waals surface area contributed by atoms with E-state index >= 15 is 0 Å². The van der Waals surface area contributed by atoms with Crippen molar-refractivity contribution in [1.82, 2.24) is 4.90 Å². The van der Waals surface area contributed by atoms with Crippen LogP contribution in [0.5, 0.6) is 0 Å². The first-order valence-corrected chi connectivity index (χ1v) is 7.00. The monoisotopic (exact) mass is 281 g/mol. The van der Waals surface area contributed by atoms with Crippen LogP contribution in [-0.4, -0.2) is 34.6 Å². The highest BCUT2D eigenvalue weighted by molar-refractivity contribution is 6.30. The highest BCUT2D eigenvalue weighted by atomic mass is 35.5. The largest absolute Gasteiger partial charge is 0.381 e. The van der Waals surface area contributed by atoms with Crippen LogP contribution in [0.25, 0.3) is 0 Å². The average molecular weight is 282 g/mol. The van der Waals surface area contributed by atoms with Crippen LogP contribution in [0.15, 0.2) is 24.3 Å². The van der Waals surface area contributed by atoms with Gasteiger partial charge >= 0.3 is 0 Å². The van der Waals surface area contributed by atoms with Crippen LogP contribution in [0.3, 0.4) is 0 Å². The Bertz CT molecular complexity index is 467. The van der Waals surface area contributed by atoms with E-state index in [0.29, 0.717) is 5.92 Å². The van der Waals surface area contributed by atoms with Crippen molar-refractivity contribution >= 4 is 17.5 Å². The van der Waals surface area contributed by atoms with E-state index in [1.165, 1.54) is 5.56 Å². The van der Waals surface area contributed by atoms with Gasteiger partial charge in [0, 0.05) is 18.1 Å². The van der Waals surface area contributed by atoms with E-state index in [9.17, 15) is 9.90 Å². The number of amides is 1. The van der Waals surface area contributed by atoms with Crippen molar-refractivity contribution in [2.75, 3.05) is 13.1 Å². The van der Waals surface area contributed by atoms with Gasteiger partial charge in [-0.25, -0.2) is 0 Å². The van der Waals surface area contributed by atoms with Crippen molar-refractivity contribution < 1.29 is 9.90 Å². The van der Waals surface area contributed by atoms with E-state index in [1.807, 2.05) is 18.2 Å². The van der Waals surface area contributed by atoms with Crippen LogP contribution in [-0.2, 0) is 11.2 Å². The lowest BCUT2D eigenvalue weighted by molar-refractivity contribution is -0.146. The Morgan fingerprint density at radius 2 is 2.26 bits per heavy atom. The number of halogens is 1. The maximum absolute atomic E-state index is 12.0. The second-order valence-electron chi connectivity index (χ2n) is 5.80. The van der Waals surface area contributed by atoms with Gasteiger partial charge in [0.25, 0.3) is 5.91 Å². The van der Waals surface area contributed by atoms with Crippen LogP contribution in [0, 0.1) is 5.92 Å². The lowest BCUT2D eigenvalue weighted by atomic mass is 9.99. The van der Waals surface area contributed by atoms with Crippen molar-refractivity contribution in [3.63, 3.8) is 0 Å². The summed E-state index contributed by atoms with van der Waals surface area (Å²) < 4.78 is 0. The SMILES string of the molecule is CC(C)(O)C(=O)N1CC[C@H](Cc2cccc(Cl)c2)C1. The minimum absolute atomic E-state index is 0.180. The molecule has 0 bridgehead atoms. The minimum Gasteiger partial charge on any atom is -0.381 e. The van der Waals surface area contributed by atoms with Gasteiger partial charge in [-0.15, -0.1) is 0 Å². The zero-order chi connectivity index (χ0) is 14.0. The summed E-state index contributed by atoms with van der Waals surface area (Å²) in [6.07, 6.45) is 1.91. The van der Waals surface area contributed by atoms with Gasteiger partial charge < -0.3 is 10.0 Å². The predicted molar refractivity (Wildman–Crippen MR) is 76.1 cm³/mol. The topological polar surface area (TPSA) is 40.5 Å². The molecular formula is C15H20ClNO2. The van der Waals surface area contributed by atoms with Crippen molar-refractivity contribution in [2.24, 2.45) is 5.92 Å².